The molecule has 1 aromatic rings. The van der Waals surface area contributed by atoms with E-state index >= 15 is 0 Å². The van der Waals surface area contributed by atoms with E-state index < -0.39 is 0 Å². The maximum Gasteiger partial charge on any atom is 0.0295 e. The number of likely N-dealkylation sites (tertiary alicyclic amines) is 1. The van der Waals surface area contributed by atoms with Gasteiger partial charge in [0.1, 0.15) is 0 Å². The normalized spacial score (nSPS) is 23.5. The molecule has 0 aromatic heterocycles. The maximum atomic E-state index is 6.29. The van der Waals surface area contributed by atoms with Crippen molar-refractivity contribution in [2.75, 3.05) is 19.6 Å². The van der Waals surface area contributed by atoms with E-state index in [0.29, 0.717) is 0 Å². The average molecular weight is 286 g/mol. The predicted octanol–water partition coefficient (Wildman–Crippen LogP) is 4.12. The van der Waals surface area contributed by atoms with Crippen LogP contribution in [0, 0.1) is 5.41 Å². The Hall–Kier alpha value is -0.860. The predicted molar refractivity (Wildman–Crippen MR) is 89.2 cm³/mol. The van der Waals surface area contributed by atoms with Gasteiger partial charge in [-0.25, -0.2) is 0 Å². The number of benzene rings is 1. The minimum atomic E-state index is 0.206. The van der Waals surface area contributed by atoms with Crippen LogP contribution in [0.1, 0.15) is 63.0 Å². The molecule has 2 aliphatic rings. The van der Waals surface area contributed by atoms with E-state index in [2.05, 4.69) is 35.2 Å². The Morgan fingerprint density at radius 2 is 1.67 bits per heavy atom. The van der Waals surface area contributed by atoms with Gasteiger partial charge in [-0.15, -0.1) is 0 Å². The zero-order chi connectivity index (χ0) is 14.5. The smallest absolute Gasteiger partial charge is 0.0295 e. The van der Waals surface area contributed by atoms with E-state index in [1.807, 2.05) is 0 Å². The van der Waals surface area contributed by atoms with Gasteiger partial charge in [-0.3, -0.25) is 0 Å². The maximum absolute atomic E-state index is 6.29. The average Bonchev–Trinajstić information content (AvgIpc) is 2.98. The second kappa shape index (κ2) is 6.93. The van der Waals surface area contributed by atoms with E-state index in [-0.39, 0.29) is 6.04 Å². The first-order valence-corrected chi connectivity index (χ1v) is 8.80. The molecule has 1 saturated carbocycles. The van der Waals surface area contributed by atoms with Crippen LogP contribution in [0.5, 0.6) is 0 Å². The SMILES string of the molecule is NC(CCCN1CCC2(CCCC2)CC1)c1ccccc1. The van der Waals surface area contributed by atoms with E-state index in [9.17, 15) is 0 Å². The second-order valence-electron chi connectivity index (χ2n) is 7.21. The minimum Gasteiger partial charge on any atom is -0.324 e. The zero-order valence-corrected chi connectivity index (χ0v) is 13.3. The molecule has 2 nitrogen and oxygen atoms in total. The van der Waals surface area contributed by atoms with Gasteiger partial charge in [0.05, 0.1) is 0 Å². The number of nitrogens with zero attached hydrogens (tertiary/aromatic N) is 1. The van der Waals surface area contributed by atoms with Crippen molar-refractivity contribution in [3.05, 3.63) is 35.9 Å². The summed E-state index contributed by atoms with van der Waals surface area (Å²) in [7, 11) is 0. The number of hydrogen-bond donors (Lipinski definition) is 1. The Kier molecular flexibility index (Phi) is 4.97. The van der Waals surface area contributed by atoms with Crippen LogP contribution in [-0.4, -0.2) is 24.5 Å². The summed E-state index contributed by atoms with van der Waals surface area (Å²) >= 11 is 0. The first-order valence-electron chi connectivity index (χ1n) is 8.80. The topological polar surface area (TPSA) is 29.3 Å². The quantitative estimate of drug-likeness (QED) is 0.882. The molecule has 1 aromatic carbocycles. The van der Waals surface area contributed by atoms with Crippen molar-refractivity contribution in [3.8, 4) is 0 Å². The van der Waals surface area contributed by atoms with Gasteiger partial charge < -0.3 is 10.6 Å². The minimum absolute atomic E-state index is 0.206. The molecule has 1 saturated heterocycles. The molecule has 1 spiro atoms. The molecular formula is C19H30N2. The first kappa shape index (κ1) is 15.1. The second-order valence-corrected chi connectivity index (χ2v) is 7.21. The van der Waals surface area contributed by atoms with Gasteiger partial charge in [0.15, 0.2) is 0 Å². The van der Waals surface area contributed by atoms with Crippen LogP contribution in [0.25, 0.3) is 0 Å². The standard InChI is InChI=1S/C19H30N2/c20-18(17-7-2-1-3-8-17)9-6-14-21-15-12-19(13-16-21)10-4-5-11-19/h1-3,7-8,18H,4-6,9-16,20H2. The molecule has 1 heterocycles. The molecule has 1 unspecified atom stereocenters. The third-order valence-corrected chi connectivity index (χ3v) is 5.80. The molecular weight excluding hydrogens is 256 g/mol. The number of nitrogens with two attached hydrogens (primary N) is 1. The van der Waals surface area contributed by atoms with Gasteiger partial charge in [0, 0.05) is 6.04 Å². The lowest BCUT2D eigenvalue weighted by Gasteiger charge is -2.39. The summed E-state index contributed by atoms with van der Waals surface area (Å²) in [6.07, 6.45) is 11.2. The third-order valence-electron chi connectivity index (χ3n) is 5.80. The van der Waals surface area contributed by atoms with Gasteiger partial charge in [-0.05, 0) is 69.1 Å². The number of rotatable bonds is 5. The molecule has 2 N–H and O–H groups in total. The third kappa shape index (κ3) is 3.87. The molecule has 0 amide bonds. The summed E-state index contributed by atoms with van der Waals surface area (Å²) in [4.78, 5) is 2.67. The zero-order valence-electron chi connectivity index (χ0n) is 13.3. The van der Waals surface area contributed by atoms with Crippen molar-refractivity contribution in [3.63, 3.8) is 0 Å². The van der Waals surface area contributed by atoms with E-state index in [0.717, 1.165) is 11.8 Å². The van der Waals surface area contributed by atoms with Crippen molar-refractivity contribution in [1.29, 1.82) is 0 Å². The van der Waals surface area contributed by atoms with E-state index in [1.165, 1.54) is 70.1 Å². The van der Waals surface area contributed by atoms with E-state index in [1.54, 1.807) is 0 Å². The monoisotopic (exact) mass is 286 g/mol. The Morgan fingerprint density at radius 3 is 2.33 bits per heavy atom. The van der Waals surface area contributed by atoms with Crippen molar-refractivity contribution in [2.45, 2.75) is 57.4 Å². The molecule has 1 aliphatic carbocycles. The van der Waals surface area contributed by atoms with Gasteiger partial charge in [0.25, 0.3) is 0 Å². The van der Waals surface area contributed by atoms with Crippen LogP contribution < -0.4 is 5.73 Å². The molecule has 3 rings (SSSR count). The van der Waals surface area contributed by atoms with Gasteiger partial charge >= 0.3 is 0 Å². The van der Waals surface area contributed by atoms with Crippen LogP contribution in [-0.2, 0) is 0 Å². The summed E-state index contributed by atoms with van der Waals surface area (Å²) in [5.41, 5.74) is 8.31. The van der Waals surface area contributed by atoms with E-state index in [4.69, 9.17) is 5.73 Å². The number of hydrogen-bond acceptors (Lipinski definition) is 2. The fourth-order valence-corrected chi connectivity index (χ4v) is 4.28. The highest BCUT2D eigenvalue weighted by atomic mass is 15.1. The Labute approximate surface area is 129 Å². The lowest BCUT2D eigenvalue weighted by Crippen LogP contribution is -2.39. The molecule has 0 bridgehead atoms. The first-order chi connectivity index (χ1) is 10.3. The van der Waals surface area contributed by atoms with Crippen LogP contribution in [0.3, 0.4) is 0 Å². The van der Waals surface area contributed by atoms with Crippen LogP contribution in [0.2, 0.25) is 0 Å². The molecule has 116 valence electrons. The molecule has 1 atom stereocenters. The Balaban J connectivity index is 1.37. The molecule has 1 aliphatic heterocycles. The molecule has 2 heteroatoms. The van der Waals surface area contributed by atoms with Crippen LogP contribution >= 0.6 is 0 Å². The van der Waals surface area contributed by atoms with Gasteiger partial charge in [0.2, 0.25) is 0 Å². The highest BCUT2D eigenvalue weighted by molar-refractivity contribution is 5.18. The van der Waals surface area contributed by atoms with Crippen LogP contribution in [0.15, 0.2) is 30.3 Å². The molecule has 21 heavy (non-hydrogen) atoms. The lowest BCUT2D eigenvalue weighted by molar-refractivity contribution is 0.107. The molecule has 0 radical (unpaired) electrons. The summed E-state index contributed by atoms with van der Waals surface area (Å²) in [6.45, 7) is 3.87. The summed E-state index contributed by atoms with van der Waals surface area (Å²) in [5.74, 6) is 0. The van der Waals surface area contributed by atoms with Crippen molar-refractivity contribution in [1.82, 2.24) is 4.90 Å². The van der Waals surface area contributed by atoms with Crippen LogP contribution in [0.4, 0.5) is 0 Å². The highest BCUT2D eigenvalue weighted by Crippen LogP contribution is 2.46. The Morgan fingerprint density at radius 1 is 1.00 bits per heavy atom. The van der Waals surface area contributed by atoms with Gasteiger partial charge in [-0.2, -0.15) is 0 Å². The summed E-state index contributed by atoms with van der Waals surface area (Å²) < 4.78 is 0. The summed E-state index contributed by atoms with van der Waals surface area (Å²) in [6, 6.07) is 10.7. The largest absolute Gasteiger partial charge is 0.324 e. The lowest BCUT2D eigenvalue weighted by atomic mass is 9.77. The fourth-order valence-electron chi connectivity index (χ4n) is 4.28. The van der Waals surface area contributed by atoms with Crippen molar-refractivity contribution >= 4 is 0 Å². The molecule has 2 fully saturated rings. The highest BCUT2D eigenvalue weighted by Gasteiger charge is 2.36. The van der Waals surface area contributed by atoms with Crippen molar-refractivity contribution in [2.24, 2.45) is 11.1 Å². The number of piperidine rings is 1. The van der Waals surface area contributed by atoms with Gasteiger partial charge in [-0.1, -0.05) is 43.2 Å². The fraction of sp³-hybridized carbons (Fsp3) is 0.684. The summed E-state index contributed by atoms with van der Waals surface area (Å²) in [5, 5.41) is 0. The Bertz CT molecular complexity index is 412. The van der Waals surface area contributed by atoms with Crippen molar-refractivity contribution < 1.29 is 0 Å².